The molecule has 0 bridgehead atoms. The van der Waals surface area contributed by atoms with Crippen LogP contribution in [0.25, 0.3) is 0 Å². The molecule has 0 aromatic carbocycles. The number of nitrogens with zero attached hydrogens (tertiary/aromatic N) is 3. The molecule has 8 heteroatoms. The van der Waals surface area contributed by atoms with Crippen LogP contribution >= 0.6 is 0 Å². The second kappa shape index (κ2) is 6.38. The molecule has 1 fully saturated rings. The maximum atomic E-state index is 11.5. The molecule has 1 saturated heterocycles. The summed E-state index contributed by atoms with van der Waals surface area (Å²) in [5, 5.41) is 11.1. The first-order valence-electron chi connectivity index (χ1n) is 6.59. The predicted molar refractivity (Wildman–Crippen MR) is 74.4 cm³/mol. The van der Waals surface area contributed by atoms with E-state index in [0.717, 1.165) is 0 Å². The van der Waals surface area contributed by atoms with Gasteiger partial charge in [-0.05, 0) is 12.8 Å². The summed E-state index contributed by atoms with van der Waals surface area (Å²) in [5.41, 5.74) is -0.0627. The molecular weight excluding hydrogens is 278 g/mol. The van der Waals surface area contributed by atoms with E-state index in [1.807, 2.05) is 0 Å². The standard InChI is InChI=1S/C13H17N3O5/c1-20-11-4-3-10(16(18)19)12(14-11)15-7-5-9(6-8-15)13(17)21-2/h3-4,9H,5-8H2,1-2H3. The Morgan fingerprint density at radius 3 is 2.57 bits per heavy atom. The van der Waals surface area contributed by atoms with Crippen LogP contribution in [0.1, 0.15) is 12.8 Å². The number of piperidine rings is 1. The van der Waals surface area contributed by atoms with Gasteiger partial charge in [-0.15, -0.1) is 0 Å². The Kier molecular flexibility index (Phi) is 4.56. The Balaban J connectivity index is 2.19. The van der Waals surface area contributed by atoms with Gasteiger partial charge in [0.25, 0.3) is 0 Å². The van der Waals surface area contributed by atoms with Gasteiger partial charge in [-0.25, -0.2) is 0 Å². The summed E-state index contributed by atoms with van der Waals surface area (Å²) in [6.45, 7) is 1.03. The van der Waals surface area contributed by atoms with Gasteiger partial charge in [-0.2, -0.15) is 4.98 Å². The molecule has 1 aliphatic heterocycles. The fourth-order valence-corrected chi connectivity index (χ4v) is 2.41. The van der Waals surface area contributed by atoms with E-state index in [2.05, 4.69) is 4.98 Å². The average molecular weight is 295 g/mol. The molecule has 2 rings (SSSR count). The van der Waals surface area contributed by atoms with E-state index in [-0.39, 0.29) is 23.4 Å². The molecule has 1 aliphatic rings. The minimum Gasteiger partial charge on any atom is -0.481 e. The Hall–Kier alpha value is -2.38. The fraction of sp³-hybridized carbons (Fsp3) is 0.538. The number of rotatable bonds is 4. The number of carbonyl (C=O) groups excluding carboxylic acids is 1. The van der Waals surface area contributed by atoms with Gasteiger partial charge < -0.3 is 14.4 Å². The van der Waals surface area contributed by atoms with Crippen molar-refractivity contribution in [2.24, 2.45) is 5.92 Å². The first-order valence-corrected chi connectivity index (χ1v) is 6.59. The van der Waals surface area contributed by atoms with Crippen LogP contribution in [-0.4, -0.2) is 43.2 Å². The molecule has 21 heavy (non-hydrogen) atoms. The SMILES string of the molecule is COC(=O)C1CCN(c2nc(OC)ccc2[N+](=O)[O-])CC1. The summed E-state index contributed by atoms with van der Waals surface area (Å²) in [6, 6.07) is 2.84. The van der Waals surface area contributed by atoms with E-state index in [1.54, 1.807) is 4.90 Å². The lowest BCUT2D eigenvalue weighted by Crippen LogP contribution is -2.37. The van der Waals surface area contributed by atoms with Crippen LogP contribution in [0.3, 0.4) is 0 Å². The van der Waals surface area contributed by atoms with Crippen molar-refractivity contribution < 1.29 is 19.2 Å². The summed E-state index contributed by atoms with van der Waals surface area (Å²) in [5.74, 6) is 0.215. The zero-order valence-electron chi connectivity index (χ0n) is 11.9. The van der Waals surface area contributed by atoms with Crippen molar-refractivity contribution >= 4 is 17.5 Å². The molecule has 0 aliphatic carbocycles. The van der Waals surface area contributed by atoms with Gasteiger partial charge in [0.05, 0.1) is 25.1 Å². The summed E-state index contributed by atoms with van der Waals surface area (Å²) in [7, 11) is 2.82. The van der Waals surface area contributed by atoms with Gasteiger partial charge in [0, 0.05) is 25.2 Å². The van der Waals surface area contributed by atoms with Crippen molar-refractivity contribution in [1.82, 2.24) is 4.98 Å². The molecule has 2 heterocycles. The van der Waals surface area contributed by atoms with Crippen LogP contribution < -0.4 is 9.64 Å². The lowest BCUT2D eigenvalue weighted by atomic mass is 9.97. The van der Waals surface area contributed by atoms with Crippen molar-refractivity contribution in [2.75, 3.05) is 32.2 Å². The highest BCUT2D eigenvalue weighted by molar-refractivity contribution is 5.73. The topological polar surface area (TPSA) is 94.8 Å². The van der Waals surface area contributed by atoms with Gasteiger partial charge >= 0.3 is 11.7 Å². The Morgan fingerprint density at radius 1 is 1.38 bits per heavy atom. The molecule has 0 amide bonds. The van der Waals surface area contributed by atoms with Crippen LogP contribution in [0.2, 0.25) is 0 Å². The van der Waals surface area contributed by atoms with Gasteiger partial charge in [-0.3, -0.25) is 14.9 Å². The first-order chi connectivity index (χ1) is 10.1. The lowest BCUT2D eigenvalue weighted by molar-refractivity contribution is -0.384. The minimum atomic E-state index is -0.464. The number of carbonyl (C=O) groups is 1. The van der Waals surface area contributed by atoms with E-state index < -0.39 is 4.92 Å². The van der Waals surface area contributed by atoms with Crippen LogP contribution in [0, 0.1) is 16.0 Å². The van der Waals surface area contributed by atoms with Crippen molar-refractivity contribution in [2.45, 2.75) is 12.8 Å². The molecule has 1 aromatic rings. The van der Waals surface area contributed by atoms with E-state index >= 15 is 0 Å². The summed E-state index contributed by atoms with van der Waals surface area (Å²) >= 11 is 0. The van der Waals surface area contributed by atoms with Crippen molar-refractivity contribution in [3.63, 3.8) is 0 Å². The van der Waals surface area contributed by atoms with E-state index in [4.69, 9.17) is 9.47 Å². The maximum Gasteiger partial charge on any atom is 0.311 e. The van der Waals surface area contributed by atoms with Crippen LogP contribution in [0.4, 0.5) is 11.5 Å². The second-order valence-corrected chi connectivity index (χ2v) is 4.74. The fourth-order valence-electron chi connectivity index (χ4n) is 2.41. The number of esters is 1. The molecule has 0 N–H and O–H groups in total. The molecule has 0 unspecified atom stereocenters. The Bertz CT molecular complexity index is 541. The quantitative estimate of drug-likeness (QED) is 0.470. The summed E-state index contributed by atoms with van der Waals surface area (Å²) in [6.07, 6.45) is 1.17. The molecule has 114 valence electrons. The molecule has 0 spiro atoms. The smallest absolute Gasteiger partial charge is 0.311 e. The number of pyridine rings is 1. The second-order valence-electron chi connectivity index (χ2n) is 4.74. The molecule has 0 saturated carbocycles. The molecular formula is C13H17N3O5. The number of hydrogen-bond acceptors (Lipinski definition) is 7. The minimum absolute atomic E-state index is 0.0627. The monoisotopic (exact) mass is 295 g/mol. The average Bonchev–Trinajstić information content (AvgIpc) is 2.53. The number of ether oxygens (including phenoxy) is 2. The van der Waals surface area contributed by atoms with Gasteiger partial charge in [0.2, 0.25) is 11.7 Å². The number of aromatic nitrogens is 1. The van der Waals surface area contributed by atoms with Crippen molar-refractivity contribution in [3.8, 4) is 5.88 Å². The van der Waals surface area contributed by atoms with E-state index in [9.17, 15) is 14.9 Å². The predicted octanol–water partition coefficient (Wildman–Crippen LogP) is 1.39. The zero-order valence-corrected chi connectivity index (χ0v) is 11.9. The van der Waals surface area contributed by atoms with Crippen molar-refractivity contribution in [1.29, 1.82) is 0 Å². The zero-order chi connectivity index (χ0) is 15.4. The third kappa shape index (κ3) is 3.21. The molecule has 0 radical (unpaired) electrons. The van der Waals surface area contributed by atoms with Crippen LogP contribution in [0.5, 0.6) is 5.88 Å². The highest BCUT2D eigenvalue weighted by Gasteiger charge is 2.30. The highest BCUT2D eigenvalue weighted by atomic mass is 16.6. The summed E-state index contributed by atoms with van der Waals surface area (Å²) in [4.78, 5) is 28.1. The number of hydrogen-bond donors (Lipinski definition) is 0. The van der Waals surface area contributed by atoms with E-state index in [0.29, 0.717) is 31.8 Å². The number of anilines is 1. The lowest BCUT2D eigenvalue weighted by Gasteiger charge is -2.31. The van der Waals surface area contributed by atoms with Gasteiger partial charge in [-0.1, -0.05) is 0 Å². The first kappa shape index (κ1) is 15.0. The molecule has 0 atom stereocenters. The number of methoxy groups -OCH3 is 2. The molecule has 1 aromatic heterocycles. The normalized spacial score (nSPS) is 15.6. The maximum absolute atomic E-state index is 11.5. The Morgan fingerprint density at radius 2 is 2.05 bits per heavy atom. The largest absolute Gasteiger partial charge is 0.481 e. The van der Waals surface area contributed by atoms with Gasteiger partial charge in [0.15, 0.2) is 0 Å². The number of nitro groups is 1. The highest BCUT2D eigenvalue weighted by Crippen LogP contribution is 2.31. The Labute approximate surface area is 121 Å². The van der Waals surface area contributed by atoms with Crippen LogP contribution in [-0.2, 0) is 9.53 Å². The third-order valence-corrected chi connectivity index (χ3v) is 3.56. The van der Waals surface area contributed by atoms with Crippen molar-refractivity contribution in [3.05, 3.63) is 22.2 Å². The van der Waals surface area contributed by atoms with E-state index in [1.165, 1.54) is 26.4 Å². The molecule has 8 nitrogen and oxygen atoms in total. The van der Waals surface area contributed by atoms with Gasteiger partial charge in [0.1, 0.15) is 0 Å². The third-order valence-electron chi connectivity index (χ3n) is 3.56. The van der Waals surface area contributed by atoms with Crippen LogP contribution in [0.15, 0.2) is 12.1 Å². The summed E-state index contributed by atoms with van der Waals surface area (Å²) < 4.78 is 9.75.